The summed E-state index contributed by atoms with van der Waals surface area (Å²) in [6.07, 6.45) is 1.35. The lowest BCUT2D eigenvalue weighted by atomic mass is 10.0. The molecule has 0 aliphatic carbocycles. The van der Waals surface area contributed by atoms with E-state index in [-0.39, 0.29) is 34.5 Å². The number of nitrogens with one attached hydrogen (secondary N) is 1. The second-order valence-corrected chi connectivity index (χ2v) is 6.46. The van der Waals surface area contributed by atoms with Crippen molar-refractivity contribution in [3.8, 4) is 0 Å². The summed E-state index contributed by atoms with van der Waals surface area (Å²) in [5, 5.41) is 2.86. The van der Waals surface area contributed by atoms with E-state index in [1.54, 1.807) is 4.90 Å². The molecule has 1 aromatic rings. The van der Waals surface area contributed by atoms with Crippen LogP contribution in [0.1, 0.15) is 30.1 Å². The first-order valence-corrected chi connectivity index (χ1v) is 7.98. The first-order valence-electron chi connectivity index (χ1n) is 7.17. The number of piperidine rings is 1. The highest BCUT2D eigenvalue weighted by Crippen LogP contribution is 2.36. The molecule has 1 heterocycles. The number of hydrogen-bond acceptors (Lipinski definition) is 3. The molecule has 1 aliphatic rings. The van der Waals surface area contributed by atoms with Gasteiger partial charge in [0.25, 0.3) is 5.91 Å². The summed E-state index contributed by atoms with van der Waals surface area (Å²) in [7, 11) is 0. The molecule has 1 aromatic carbocycles. The summed E-state index contributed by atoms with van der Waals surface area (Å²) in [6.45, 7) is 2.71. The number of nitrogens with zero attached hydrogens (tertiary/aromatic N) is 1. The maximum atomic E-state index is 12.3. The van der Waals surface area contributed by atoms with E-state index in [1.807, 2.05) is 0 Å². The van der Waals surface area contributed by atoms with E-state index in [2.05, 4.69) is 5.32 Å². The standard InChI is InChI=1S/C15H17F3N2O2S/c1-10(21)20-8-6-12(7-9-20)19-14(22)11-2-4-13(5-3-11)23-15(16,17)18/h2-5,12H,6-9H2,1H3,(H,19,22). The Labute approximate surface area is 136 Å². The van der Waals surface area contributed by atoms with Crippen molar-refractivity contribution in [3.05, 3.63) is 29.8 Å². The van der Waals surface area contributed by atoms with Gasteiger partial charge in [-0.2, -0.15) is 13.2 Å². The lowest BCUT2D eigenvalue weighted by Gasteiger charge is -2.31. The molecule has 1 N–H and O–H groups in total. The molecule has 0 spiro atoms. The second-order valence-electron chi connectivity index (χ2n) is 5.33. The van der Waals surface area contributed by atoms with Crippen molar-refractivity contribution in [3.63, 3.8) is 0 Å². The summed E-state index contributed by atoms with van der Waals surface area (Å²) >= 11 is -0.209. The molecule has 0 radical (unpaired) electrons. The van der Waals surface area contributed by atoms with Crippen LogP contribution in [0, 0.1) is 0 Å². The number of hydrogen-bond donors (Lipinski definition) is 1. The summed E-state index contributed by atoms with van der Waals surface area (Å²) in [4.78, 5) is 25.1. The predicted octanol–water partition coefficient (Wildman–Crippen LogP) is 3.04. The Balaban J connectivity index is 1.88. The molecule has 1 aliphatic heterocycles. The van der Waals surface area contributed by atoms with E-state index in [1.165, 1.54) is 31.2 Å². The van der Waals surface area contributed by atoms with Crippen molar-refractivity contribution < 1.29 is 22.8 Å². The van der Waals surface area contributed by atoms with Crippen molar-refractivity contribution in [2.45, 2.75) is 36.2 Å². The van der Waals surface area contributed by atoms with Crippen LogP contribution in [0.25, 0.3) is 0 Å². The first-order chi connectivity index (χ1) is 10.7. The minimum absolute atomic E-state index is 0.0209. The smallest absolute Gasteiger partial charge is 0.349 e. The van der Waals surface area contributed by atoms with Gasteiger partial charge in [-0.25, -0.2) is 0 Å². The molecule has 8 heteroatoms. The van der Waals surface area contributed by atoms with Gasteiger partial charge in [0.15, 0.2) is 0 Å². The van der Waals surface area contributed by atoms with Gasteiger partial charge in [-0.05, 0) is 48.9 Å². The van der Waals surface area contributed by atoms with Crippen LogP contribution in [0.3, 0.4) is 0 Å². The molecule has 0 atom stereocenters. The van der Waals surface area contributed by atoms with Gasteiger partial charge in [0, 0.05) is 36.5 Å². The van der Waals surface area contributed by atoms with Gasteiger partial charge in [0.1, 0.15) is 0 Å². The third-order valence-electron chi connectivity index (χ3n) is 3.63. The Bertz CT molecular complexity index is 567. The van der Waals surface area contributed by atoms with Crippen molar-refractivity contribution >= 4 is 23.6 Å². The number of thioether (sulfide) groups is 1. The highest BCUT2D eigenvalue weighted by atomic mass is 32.2. The monoisotopic (exact) mass is 346 g/mol. The fourth-order valence-electron chi connectivity index (χ4n) is 2.42. The Hall–Kier alpha value is -1.70. The average Bonchev–Trinajstić information content (AvgIpc) is 2.46. The molecule has 4 nitrogen and oxygen atoms in total. The Morgan fingerprint density at radius 2 is 1.74 bits per heavy atom. The Morgan fingerprint density at radius 3 is 2.22 bits per heavy atom. The first kappa shape index (κ1) is 17.7. The Morgan fingerprint density at radius 1 is 1.17 bits per heavy atom. The molecule has 1 fully saturated rings. The van der Waals surface area contributed by atoms with Crippen molar-refractivity contribution in [2.75, 3.05) is 13.1 Å². The number of halogens is 3. The van der Waals surface area contributed by atoms with Gasteiger partial charge in [0.05, 0.1) is 0 Å². The summed E-state index contributed by atoms with van der Waals surface area (Å²) in [5.41, 5.74) is -4.01. The molecule has 1 saturated heterocycles. The average molecular weight is 346 g/mol. The summed E-state index contributed by atoms with van der Waals surface area (Å²) < 4.78 is 36.8. The SMILES string of the molecule is CC(=O)N1CCC(NC(=O)c2ccc(SC(F)(F)F)cc2)CC1. The highest BCUT2D eigenvalue weighted by molar-refractivity contribution is 8.00. The van der Waals surface area contributed by atoms with Gasteiger partial charge in [-0.15, -0.1) is 0 Å². The summed E-state index contributed by atoms with van der Waals surface area (Å²) in [5.74, 6) is -0.289. The lowest BCUT2D eigenvalue weighted by Crippen LogP contribution is -2.45. The molecule has 126 valence electrons. The largest absolute Gasteiger partial charge is 0.446 e. The predicted molar refractivity (Wildman–Crippen MR) is 81.1 cm³/mol. The lowest BCUT2D eigenvalue weighted by molar-refractivity contribution is -0.129. The number of likely N-dealkylation sites (tertiary alicyclic amines) is 1. The molecule has 0 aromatic heterocycles. The van der Waals surface area contributed by atoms with Gasteiger partial charge >= 0.3 is 5.51 Å². The maximum absolute atomic E-state index is 12.3. The maximum Gasteiger partial charge on any atom is 0.446 e. The quantitative estimate of drug-likeness (QED) is 0.856. The van der Waals surface area contributed by atoms with Crippen LogP contribution in [-0.2, 0) is 4.79 Å². The van der Waals surface area contributed by atoms with Gasteiger partial charge in [-0.3, -0.25) is 9.59 Å². The number of carbonyl (C=O) groups excluding carboxylic acids is 2. The van der Waals surface area contributed by atoms with Crippen molar-refractivity contribution in [2.24, 2.45) is 0 Å². The van der Waals surface area contributed by atoms with Crippen LogP contribution in [0.15, 0.2) is 29.2 Å². The van der Waals surface area contributed by atoms with Crippen LogP contribution in [0.2, 0.25) is 0 Å². The molecule has 23 heavy (non-hydrogen) atoms. The molecule has 0 saturated carbocycles. The van der Waals surface area contributed by atoms with Gasteiger partial charge < -0.3 is 10.2 Å². The third-order valence-corrected chi connectivity index (χ3v) is 4.36. The van der Waals surface area contributed by atoms with E-state index in [0.717, 1.165) is 0 Å². The van der Waals surface area contributed by atoms with Crippen LogP contribution < -0.4 is 5.32 Å². The van der Waals surface area contributed by atoms with Crippen LogP contribution >= 0.6 is 11.8 Å². The van der Waals surface area contributed by atoms with Crippen LogP contribution in [0.5, 0.6) is 0 Å². The number of amides is 2. The minimum atomic E-state index is -4.34. The fraction of sp³-hybridized carbons (Fsp3) is 0.467. The minimum Gasteiger partial charge on any atom is -0.349 e. The topological polar surface area (TPSA) is 49.4 Å². The number of carbonyl (C=O) groups is 2. The molecular formula is C15H17F3N2O2S. The highest BCUT2D eigenvalue weighted by Gasteiger charge is 2.29. The van der Waals surface area contributed by atoms with E-state index < -0.39 is 5.51 Å². The molecule has 0 unspecified atom stereocenters. The van der Waals surface area contributed by atoms with E-state index in [4.69, 9.17) is 0 Å². The molecule has 2 rings (SSSR count). The fourth-order valence-corrected chi connectivity index (χ4v) is 2.95. The normalized spacial score (nSPS) is 16.3. The van der Waals surface area contributed by atoms with Gasteiger partial charge in [-0.1, -0.05) is 0 Å². The third kappa shape index (κ3) is 5.46. The molecule has 2 amide bonds. The number of benzene rings is 1. The van der Waals surface area contributed by atoms with Crippen molar-refractivity contribution in [1.29, 1.82) is 0 Å². The summed E-state index contributed by atoms with van der Waals surface area (Å²) in [6, 6.07) is 5.31. The second kappa shape index (κ2) is 7.25. The zero-order valence-electron chi connectivity index (χ0n) is 12.5. The van der Waals surface area contributed by atoms with Crippen LogP contribution in [0.4, 0.5) is 13.2 Å². The zero-order valence-corrected chi connectivity index (χ0v) is 13.3. The van der Waals surface area contributed by atoms with Crippen molar-refractivity contribution in [1.82, 2.24) is 10.2 Å². The van der Waals surface area contributed by atoms with E-state index >= 15 is 0 Å². The number of alkyl halides is 3. The van der Waals surface area contributed by atoms with E-state index in [9.17, 15) is 22.8 Å². The molecular weight excluding hydrogens is 329 g/mol. The van der Waals surface area contributed by atoms with Crippen LogP contribution in [-0.4, -0.2) is 41.4 Å². The Kier molecular flexibility index (Phi) is 5.56. The van der Waals surface area contributed by atoms with E-state index in [0.29, 0.717) is 31.5 Å². The molecule has 0 bridgehead atoms. The zero-order chi connectivity index (χ0) is 17.0. The number of rotatable bonds is 3. The van der Waals surface area contributed by atoms with Gasteiger partial charge in [0.2, 0.25) is 5.91 Å².